The minimum atomic E-state index is 0.659. The molecular formula is C14H23N3. The highest BCUT2D eigenvalue weighted by Crippen LogP contribution is 2.26. The molecule has 0 unspecified atom stereocenters. The van der Waals surface area contributed by atoms with Crippen molar-refractivity contribution in [2.45, 2.75) is 70.0 Å². The molecule has 2 aliphatic carbocycles. The number of hydrogen-bond donors (Lipinski definition) is 1. The lowest BCUT2D eigenvalue weighted by Gasteiger charge is -2.14. The van der Waals surface area contributed by atoms with Crippen LogP contribution in [0.5, 0.6) is 0 Å². The Morgan fingerprint density at radius 3 is 2.59 bits per heavy atom. The SMILES string of the molecule is c1cn(C2CCCCCC2)nc1CNC1CC1. The van der Waals surface area contributed by atoms with Crippen LogP contribution in [-0.4, -0.2) is 15.8 Å². The molecule has 0 spiro atoms. The summed E-state index contributed by atoms with van der Waals surface area (Å²) in [6.07, 6.45) is 13.1. The van der Waals surface area contributed by atoms with E-state index < -0.39 is 0 Å². The maximum Gasteiger partial charge on any atom is 0.0762 e. The van der Waals surface area contributed by atoms with E-state index in [1.54, 1.807) is 0 Å². The second kappa shape index (κ2) is 5.21. The van der Waals surface area contributed by atoms with Gasteiger partial charge in [0.05, 0.1) is 11.7 Å². The molecule has 2 aliphatic rings. The largest absolute Gasteiger partial charge is 0.308 e. The molecular weight excluding hydrogens is 210 g/mol. The average Bonchev–Trinajstić information content (AvgIpc) is 3.12. The number of hydrogen-bond acceptors (Lipinski definition) is 2. The van der Waals surface area contributed by atoms with E-state index in [1.807, 2.05) is 0 Å². The molecule has 1 N–H and O–H groups in total. The highest BCUT2D eigenvalue weighted by Gasteiger charge is 2.20. The Labute approximate surface area is 104 Å². The van der Waals surface area contributed by atoms with Gasteiger partial charge in [0.15, 0.2) is 0 Å². The van der Waals surface area contributed by atoms with E-state index in [-0.39, 0.29) is 0 Å². The molecule has 2 saturated carbocycles. The van der Waals surface area contributed by atoms with Crippen molar-refractivity contribution in [1.29, 1.82) is 0 Å². The van der Waals surface area contributed by atoms with Crippen LogP contribution in [0.4, 0.5) is 0 Å². The first kappa shape index (κ1) is 11.3. The van der Waals surface area contributed by atoms with Gasteiger partial charge < -0.3 is 5.32 Å². The standard InChI is InChI=1S/C14H23N3/c1-2-4-6-14(5-3-1)17-10-9-13(16-17)11-15-12-7-8-12/h9-10,12,14-15H,1-8,11H2. The first-order chi connectivity index (χ1) is 8.42. The maximum absolute atomic E-state index is 4.73. The molecule has 1 heterocycles. The average molecular weight is 233 g/mol. The van der Waals surface area contributed by atoms with Crippen molar-refractivity contribution >= 4 is 0 Å². The van der Waals surface area contributed by atoms with E-state index in [4.69, 9.17) is 5.10 Å². The highest BCUT2D eigenvalue weighted by atomic mass is 15.3. The summed E-state index contributed by atoms with van der Waals surface area (Å²) in [4.78, 5) is 0. The van der Waals surface area contributed by atoms with Crippen molar-refractivity contribution in [2.75, 3.05) is 0 Å². The quantitative estimate of drug-likeness (QED) is 0.810. The summed E-state index contributed by atoms with van der Waals surface area (Å²) in [5.74, 6) is 0. The molecule has 0 aliphatic heterocycles. The van der Waals surface area contributed by atoms with Crippen molar-refractivity contribution in [3.63, 3.8) is 0 Å². The number of nitrogens with zero attached hydrogens (tertiary/aromatic N) is 2. The van der Waals surface area contributed by atoms with Gasteiger partial charge >= 0.3 is 0 Å². The van der Waals surface area contributed by atoms with Gasteiger partial charge in [-0.05, 0) is 31.7 Å². The Morgan fingerprint density at radius 2 is 1.88 bits per heavy atom. The van der Waals surface area contributed by atoms with Gasteiger partial charge in [0.1, 0.15) is 0 Å². The molecule has 1 aromatic rings. The summed E-state index contributed by atoms with van der Waals surface area (Å²) in [6, 6.07) is 3.62. The van der Waals surface area contributed by atoms with Gasteiger partial charge in [-0.1, -0.05) is 25.7 Å². The number of rotatable bonds is 4. The fourth-order valence-corrected chi connectivity index (χ4v) is 2.73. The zero-order valence-corrected chi connectivity index (χ0v) is 10.6. The second-order valence-corrected chi connectivity index (χ2v) is 5.59. The predicted octanol–water partition coefficient (Wildman–Crippen LogP) is 3.03. The molecule has 2 fully saturated rings. The lowest BCUT2D eigenvalue weighted by atomic mass is 10.1. The van der Waals surface area contributed by atoms with Crippen LogP contribution in [0.1, 0.15) is 63.1 Å². The van der Waals surface area contributed by atoms with E-state index in [2.05, 4.69) is 22.3 Å². The predicted molar refractivity (Wildman–Crippen MR) is 68.8 cm³/mol. The van der Waals surface area contributed by atoms with Gasteiger partial charge in [-0.3, -0.25) is 4.68 Å². The molecule has 0 bridgehead atoms. The molecule has 0 saturated heterocycles. The van der Waals surface area contributed by atoms with E-state index in [0.717, 1.165) is 12.6 Å². The van der Waals surface area contributed by atoms with E-state index >= 15 is 0 Å². The monoisotopic (exact) mass is 233 g/mol. The van der Waals surface area contributed by atoms with Gasteiger partial charge in [0, 0.05) is 18.8 Å². The van der Waals surface area contributed by atoms with Gasteiger partial charge in [-0.15, -0.1) is 0 Å². The molecule has 17 heavy (non-hydrogen) atoms. The van der Waals surface area contributed by atoms with Crippen molar-refractivity contribution in [2.24, 2.45) is 0 Å². The van der Waals surface area contributed by atoms with Crippen LogP contribution in [0.15, 0.2) is 12.3 Å². The van der Waals surface area contributed by atoms with Crippen molar-refractivity contribution in [3.8, 4) is 0 Å². The van der Waals surface area contributed by atoms with Gasteiger partial charge in [0.25, 0.3) is 0 Å². The van der Waals surface area contributed by atoms with Crippen molar-refractivity contribution in [3.05, 3.63) is 18.0 Å². The highest BCUT2D eigenvalue weighted by molar-refractivity contribution is 5.00. The number of aromatic nitrogens is 2. The third-order valence-electron chi connectivity index (χ3n) is 4.01. The fourth-order valence-electron chi connectivity index (χ4n) is 2.73. The van der Waals surface area contributed by atoms with Crippen LogP contribution >= 0.6 is 0 Å². The van der Waals surface area contributed by atoms with E-state index in [1.165, 1.54) is 57.1 Å². The molecule has 1 aromatic heterocycles. The maximum atomic E-state index is 4.73. The first-order valence-electron chi connectivity index (χ1n) is 7.19. The first-order valence-corrected chi connectivity index (χ1v) is 7.19. The van der Waals surface area contributed by atoms with Crippen LogP contribution in [0.3, 0.4) is 0 Å². The fraction of sp³-hybridized carbons (Fsp3) is 0.786. The van der Waals surface area contributed by atoms with Crippen LogP contribution in [0.2, 0.25) is 0 Å². The Morgan fingerprint density at radius 1 is 1.12 bits per heavy atom. The Balaban J connectivity index is 1.57. The molecule has 3 nitrogen and oxygen atoms in total. The van der Waals surface area contributed by atoms with E-state index in [9.17, 15) is 0 Å². The minimum absolute atomic E-state index is 0.659. The molecule has 3 heteroatoms. The zero-order valence-electron chi connectivity index (χ0n) is 10.6. The van der Waals surface area contributed by atoms with Gasteiger partial charge in [-0.25, -0.2) is 0 Å². The van der Waals surface area contributed by atoms with Crippen molar-refractivity contribution < 1.29 is 0 Å². The summed E-state index contributed by atoms with van der Waals surface area (Å²) in [6.45, 7) is 0.949. The Kier molecular flexibility index (Phi) is 3.46. The summed E-state index contributed by atoms with van der Waals surface area (Å²) in [7, 11) is 0. The van der Waals surface area contributed by atoms with Crippen LogP contribution < -0.4 is 5.32 Å². The number of nitrogens with one attached hydrogen (secondary N) is 1. The third kappa shape index (κ3) is 3.09. The Bertz CT molecular complexity index is 346. The zero-order chi connectivity index (χ0) is 11.5. The Hall–Kier alpha value is -0.830. The van der Waals surface area contributed by atoms with E-state index in [0.29, 0.717) is 6.04 Å². The minimum Gasteiger partial charge on any atom is -0.308 e. The lowest BCUT2D eigenvalue weighted by Crippen LogP contribution is -2.16. The third-order valence-corrected chi connectivity index (χ3v) is 4.01. The summed E-state index contributed by atoms with van der Waals surface area (Å²) >= 11 is 0. The topological polar surface area (TPSA) is 29.9 Å². The van der Waals surface area contributed by atoms with Gasteiger partial charge in [-0.2, -0.15) is 5.10 Å². The van der Waals surface area contributed by atoms with Crippen LogP contribution in [0, 0.1) is 0 Å². The summed E-state index contributed by atoms with van der Waals surface area (Å²) in [5.41, 5.74) is 1.21. The molecule has 0 radical (unpaired) electrons. The van der Waals surface area contributed by atoms with Crippen molar-refractivity contribution in [1.82, 2.24) is 15.1 Å². The summed E-state index contributed by atoms with van der Waals surface area (Å²) < 4.78 is 2.22. The second-order valence-electron chi connectivity index (χ2n) is 5.59. The molecule has 0 aromatic carbocycles. The van der Waals surface area contributed by atoms with Crippen LogP contribution in [-0.2, 0) is 6.54 Å². The molecule has 0 atom stereocenters. The van der Waals surface area contributed by atoms with Gasteiger partial charge in [0.2, 0.25) is 0 Å². The molecule has 3 rings (SSSR count). The molecule has 0 amide bonds. The lowest BCUT2D eigenvalue weighted by molar-refractivity contribution is 0.402. The van der Waals surface area contributed by atoms with Crippen LogP contribution in [0.25, 0.3) is 0 Å². The smallest absolute Gasteiger partial charge is 0.0762 e. The molecule has 94 valence electrons. The summed E-state index contributed by atoms with van der Waals surface area (Å²) in [5, 5.41) is 8.26. The normalized spacial score (nSPS) is 22.6.